The summed E-state index contributed by atoms with van der Waals surface area (Å²) >= 11 is 0. The molecule has 0 radical (unpaired) electrons. The van der Waals surface area contributed by atoms with Crippen molar-refractivity contribution in [2.45, 2.75) is 20.8 Å². The van der Waals surface area contributed by atoms with E-state index in [2.05, 4.69) is 11.9 Å². The molecule has 0 unspecified atom stereocenters. The number of rotatable bonds is 3. The zero-order valence-electron chi connectivity index (χ0n) is 8.52. The third kappa shape index (κ3) is 6.93. The standard InChI is InChI=1S/C8H14N2.C2H6/c1-4-5-6-8(9)7(2)10-3;1-2/h4-6,10H,1,9H2,2-3H3;1-2H3/b6-5-,8-7-;. The first-order chi connectivity index (χ1) is 5.72. The van der Waals surface area contributed by atoms with Gasteiger partial charge in [-0.15, -0.1) is 0 Å². The van der Waals surface area contributed by atoms with Crippen LogP contribution in [0.4, 0.5) is 0 Å². The summed E-state index contributed by atoms with van der Waals surface area (Å²) < 4.78 is 0. The maximum atomic E-state index is 5.60. The summed E-state index contributed by atoms with van der Waals surface area (Å²) in [4.78, 5) is 0. The van der Waals surface area contributed by atoms with Crippen LogP contribution in [0.3, 0.4) is 0 Å². The number of hydrogen-bond acceptors (Lipinski definition) is 2. The van der Waals surface area contributed by atoms with Crippen molar-refractivity contribution < 1.29 is 0 Å². The first-order valence-corrected chi connectivity index (χ1v) is 4.15. The minimum Gasteiger partial charge on any atom is -0.397 e. The summed E-state index contributed by atoms with van der Waals surface area (Å²) in [6, 6.07) is 0. The molecular formula is C10H20N2. The second-order valence-electron chi connectivity index (χ2n) is 1.93. The quantitative estimate of drug-likeness (QED) is 0.634. The fraction of sp³-hybridized carbons (Fsp3) is 0.400. The van der Waals surface area contributed by atoms with Crippen LogP contribution in [0.5, 0.6) is 0 Å². The molecule has 70 valence electrons. The lowest BCUT2D eigenvalue weighted by Gasteiger charge is -2.00. The molecule has 3 N–H and O–H groups in total. The van der Waals surface area contributed by atoms with Crippen molar-refractivity contribution in [2.75, 3.05) is 7.05 Å². The van der Waals surface area contributed by atoms with E-state index in [0.29, 0.717) is 0 Å². The van der Waals surface area contributed by atoms with Crippen molar-refractivity contribution in [3.8, 4) is 0 Å². The zero-order chi connectivity index (χ0) is 9.98. The molecule has 0 aliphatic carbocycles. The molecule has 0 saturated heterocycles. The molecular weight excluding hydrogens is 148 g/mol. The molecule has 0 aliphatic rings. The largest absolute Gasteiger partial charge is 0.397 e. The lowest BCUT2D eigenvalue weighted by molar-refractivity contribution is 0.963. The SMILES string of the molecule is C=C/C=C\C(N)=C(/C)NC.CC. The van der Waals surface area contributed by atoms with Gasteiger partial charge in [-0.3, -0.25) is 0 Å². The van der Waals surface area contributed by atoms with Crippen LogP contribution in [0.25, 0.3) is 0 Å². The van der Waals surface area contributed by atoms with E-state index in [1.807, 2.05) is 27.8 Å². The van der Waals surface area contributed by atoms with Crippen LogP contribution in [0.1, 0.15) is 20.8 Å². The van der Waals surface area contributed by atoms with E-state index < -0.39 is 0 Å². The fourth-order valence-electron chi connectivity index (χ4n) is 0.441. The van der Waals surface area contributed by atoms with E-state index in [-0.39, 0.29) is 0 Å². The summed E-state index contributed by atoms with van der Waals surface area (Å²) in [7, 11) is 1.84. The van der Waals surface area contributed by atoms with Crippen LogP contribution in [0.2, 0.25) is 0 Å². The van der Waals surface area contributed by atoms with Gasteiger partial charge in [-0.2, -0.15) is 0 Å². The van der Waals surface area contributed by atoms with E-state index >= 15 is 0 Å². The zero-order valence-corrected chi connectivity index (χ0v) is 8.52. The van der Waals surface area contributed by atoms with Gasteiger partial charge in [0.15, 0.2) is 0 Å². The third-order valence-corrected chi connectivity index (χ3v) is 1.22. The smallest absolute Gasteiger partial charge is 0.0503 e. The van der Waals surface area contributed by atoms with Gasteiger partial charge in [0.2, 0.25) is 0 Å². The van der Waals surface area contributed by atoms with E-state index in [1.54, 1.807) is 18.2 Å². The fourth-order valence-corrected chi connectivity index (χ4v) is 0.441. The van der Waals surface area contributed by atoms with Gasteiger partial charge in [0.05, 0.1) is 5.70 Å². The van der Waals surface area contributed by atoms with Gasteiger partial charge in [-0.05, 0) is 13.0 Å². The third-order valence-electron chi connectivity index (χ3n) is 1.22. The monoisotopic (exact) mass is 168 g/mol. The number of hydrogen-bond donors (Lipinski definition) is 2. The molecule has 0 amide bonds. The van der Waals surface area contributed by atoms with Gasteiger partial charge in [0.1, 0.15) is 0 Å². The lowest BCUT2D eigenvalue weighted by atomic mass is 10.3. The second kappa shape index (κ2) is 9.82. The van der Waals surface area contributed by atoms with Crippen LogP contribution >= 0.6 is 0 Å². The summed E-state index contributed by atoms with van der Waals surface area (Å²) in [5.41, 5.74) is 7.31. The molecule has 2 heteroatoms. The predicted molar refractivity (Wildman–Crippen MR) is 56.6 cm³/mol. The van der Waals surface area contributed by atoms with Crippen molar-refractivity contribution >= 4 is 0 Å². The van der Waals surface area contributed by atoms with Crippen LogP contribution in [0.15, 0.2) is 36.2 Å². The van der Waals surface area contributed by atoms with E-state index in [1.165, 1.54) is 0 Å². The Balaban J connectivity index is 0. The van der Waals surface area contributed by atoms with Gasteiger partial charge in [-0.1, -0.05) is 32.6 Å². The Morgan fingerprint density at radius 3 is 2.25 bits per heavy atom. The minimum atomic E-state index is 0.738. The first-order valence-electron chi connectivity index (χ1n) is 4.15. The van der Waals surface area contributed by atoms with E-state index in [0.717, 1.165) is 11.4 Å². The Morgan fingerprint density at radius 2 is 1.92 bits per heavy atom. The van der Waals surface area contributed by atoms with Crippen molar-refractivity contribution in [1.29, 1.82) is 0 Å². The van der Waals surface area contributed by atoms with Crippen LogP contribution in [-0.4, -0.2) is 7.05 Å². The Kier molecular flexibility index (Phi) is 11.0. The molecule has 2 nitrogen and oxygen atoms in total. The molecule has 0 heterocycles. The molecule has 0 rings (SSSR count). The second-order valence-corrected chi connectivity index (χ2v) is 1.93. The highest BCUT2D eigenvalue weighted by molar-refractivity contribution is 5.22. The average Bonchev–Trinajstić information content (AvgIpc) is 2.16. The van der Waals surface area contributed by atoms with Crippen molar-refractivity contribution in [3.63, 3.8) is 0 Å². The first kappa shape index (κ1) is 13.4. The van der Waals surface area contributed by atoms with Gasteiger partial charge in [0, 0.05) is 12.7 Å². The molecule has 0 aromatic rings. The molecule has 0 spiro atoms. The average molecular weight is 168 g/mol. The van der Waals surface area contributed by atoms with Crippen LogP contribution in [0, 0.1) is 0 Å². The Bertz CT molecular complexity index is 167. The van der Waals surface area contributed by atoms with Crippen LogP contribution < -0.4 is 11.1 Å². The van der Waals surface area contributed by atoms with Crippen molar-refractivity contribution in [2.24, 2.45) is 5.73 Å². The minimum absolute atomic E-state index is 0.738. The summed E-state index contributed by atoms with van der Waals surface area (Å²) in [6.07, 6.45) is 5.30. The van der Waals surface area contributed by atoms with E-state index in [9.17, 15) is 0 Å². The molecule has 12 heavy (non-hydrogen) atoms. The summed E-state index contributed by atoms with van der Waals surface area (Å²) in [5, 5.41) is 2.94. The van der Waals surface area contributed by atoms with Gasteiger partial charge in [-0.25, -0.2) is 0 Å². The Morgan fingerprint density at radius 1 is 1.42 bits per heavy atom. The molecule has 0 fully saturated rings. The predicted octanol–water partition coefficient (Wildman–Crippen LogP) is 2.16. The highest BCUT2D eigenvalue weighted by atomic mass is 14.8. The lowest BCUT2D eigenvalue weighted by Crippen LogP contribution is -2.09. The summed E-state index contributed by atoms with van der Waals surface area (Å²) in [5.74, 6) is 0. The molecule has 0 aromatic heterocycles. The number of nitrogens with two attached hydrogens (primary N) is 1. The normalized spacial score (nSPS) is 11.3. The molecule has 0 aliphatic heterocycles. The maximum Gasteiger partial charge on any atom is 0.0503 e. The Hall–Kier alpha value is -1.18. The highest BCUT2D eigenvalue weighted by Crippen LogP contribution is 1.93. The van der Waals surface area contributed by atoms with Gasteiger partial charge < -0.3 is 11.1 Å². The van der Waals surface area contributed by atoms with Crippen molar-refractivity contribution in [3.05, 3.63) is 36.2 Å². The topological polar surface area (TPSA) is 38.0 Å². The van der Waals surface area contributed by atoms with Crippen LogP contribution in [-0.2, 0) is 0 Å². The van der Waals surface area contributed by atoms with Crippen molar-refractivity contribution in [1.82, 2.24) is 5.32 Å². The number of nitrogens with one attached hydrogen (secondary N) is 1. The molecule has 0 aromatic carbocycles. The molecule has 0 bridgehead atoms. The maximum absolute atomic E-state index is 5.60. The molecule has 0 atom stereocenters. The number of allylic oxidation sites excluding steroid dienone is 4. The van der Waals surface area contributed by atoms with E-state index in [4.69, 9.17) is 5.73 Å². The van der Waals surface area contributed by atoms with Gasteiger partial charge >= 0.3 is 0 Å². The molecule has 0 saturated carbocycles. The Labute approximate surface area is 75.9 Å². The highest BCUT2D eigenvalue weighted by Gasteiger charge is 1.86. The summed E-state index contributed by atoms with van der Waals surface area (Å²) in [6.45, 7) is 9.45. The van der Waals surface area contributed by atoms with Gasteiger partial charge in [0.25, 0.3) is 0 Å².